The maximum Gasteiger partial charge on any atom is 0.310 e. The van der Waals surface area contributed by atoms with E-state index < -0.39 is 86.0 Å². The lowest BCUT2D eigenvalue weighted by Crippen LogP contribution is -2.65. The van der Waals surface area contributed by atoms with Crippen molar-refractivity contribution in [3.63, 3.8) is 0 Å². The fourth-order valence-electron chi connectivity index (χ4n) is 13.3. The predicted molar refractivity (Wildman–Crippen MR) is 189 cm³/mol. The van der Waals surface area contributed by atoms with E-state index in [1.807, 2.05) is 0 Å². The van der Waals surface area contributed by atoms with Gasteiger partial charge in [0.05, 0.1) is 30.8 Å². The Hall–Kier alpha value is -1.23. The van der Waals surface area contributed by atoms with E-state index in [9.17, 15) is 45.6 Å². The van der Waals surface area contributed by atoms with E-state index in [0.29, 0.717) is 25.2 Å². The van der Waals surface area contributed by atoms with Gasteiger partial charge >= 0.3 is 5.97 Å². The average molecular weight is 753 g/mol. The SMILES string of the molecule is CC1C(O)CC2(C(=O)O)CCC3(C)C(=CCC4C5(C)CCC(OC6OC(CO)C(O)C(O)C6OC6OC(CO)C(O)C6O)C(C)C5CCC43C)C2C1C. The summed E-state index contributed by atoms with van der Waals surface area (Å²) in [6, 6.07) is 0. The van der Waals surface area contributed by atoms with Gasteiger partial charge in [-0.3, -0.25) is 4.79 Å². The third-order valence-corrected chi connectivity index (χ3v) is 16.9. The summed E-state index contributed by atoms with van der Waals surface area (Å²) in [5.74, 6) is -0.118. The zero-order chi connectivity index (χ0) is 38.6. The number of allylic oxidation sites excluding steroid dienone is 2. The summed E-state index contributed by atoms with van der Waals surface area (Å²) in [5.41, 5.74) is 0.0847. The van der Waals surface area contributed by atoms with Gasteiger partial charge in [-0.1, -0.05) is 53.2 Å². The Kier molecular flexibility index (Phi) is 10.6. The molecule has 8 N–H and O–H groups in total. The average Bonchev–Trinajstić information content (AvgIpc) is 3.39. The molecule has 0 aromatic carbocycles. The van der Waals surface area contributed by atoms with E-state index in [4.69, 9.17) is 18.9 Å². The predicted octanol–water partition coefficient (Wildman–Crippen LogP) is 1.96. The zero-order valence-corrected chi connectivity index (χ0v) is 32.1. The second kappa shape index (κ2) is 14.0. The van der Waals surface area contributed by atoms with E-state index >= 15 is 0 Å². The monoisotopic (exact) mass is 752 g/mol. The second-order valence-electron chi connectivity index (χ2n) is 18.9. The van der Waals surface area contributed by atoms with Crippen molar-refractivity contribution in [2.24, 2.45) is 57.2 Å². The molecule has 7 aliphatic rings. The van der Waals surface area contributed by atoms with Gasteiger partial charge in [0.1, 0.15) is 42.7 Å². The highest BCUT2D eigenvalue weighted by molar-refractivity contribution is 5.77. The smallest absolute Gasteiger partial charge is 0.310 e. The van der Waals surface area contributed by atoms with Crippen LogP contribution in [0.4, 0.5) is 0 Å². The molecule has 302 valence electrons. The fourth-order valence-corrected chi connectivity index (χ4v) is 13.3. The number of carboxylic acid groups (broad SMARTS) is 1. The Morgan fingerprint density at radius 3 is 2.08 bits per heavy atom. The highest BCUT2D eigenvalue weighted by Crippen LogP contribution is 2.75. The molecule has 2 saturated heterocycles. The summed E-state index contributed by atoms with van der Waals surface area (Å²) >= 11 is 0. The highest BCUT2D eigenvalue weighted by Gasteiger charge is 2.69. The summed E-state index contributed by atoms with van der Waals surface area (Å²) in [6.07, 6.45) is -4.75. The maximum absolute atomic E-state index is 13.1. The largest absolute Gasteiger partial charge is 0.481 e. The first-order chi connectivity index (χ1) is 24.9. The molecule has 0 radical (unpaired) electrons. The molecule has 0 spiro atoms. The molecule has 4 saturated carbocycles. The molecule has 53 heavy (non-hydrogen) atoms. The molecule has 6 fully saturated rings. The first-order valence-electron chi connectivity index (χ1n) is 20.1. The van der Waals surface area contributed by atoms with Crippen molar-refractivity contribution >= 4 is 5.97 Å². The van der Waals surface area contributed by atoms with Gasteiger partial charge in [-0.25, -0.2) is 0 Å². The molecule has 0 bridgehead atoms. The van der Waals surface area contributed by atoms with Crippen molar-refractivity contribution in [2.75, 3.05) is 13.2 Å². The van der Waals surface area contributed by atoms with Crippen LogP contribution in [0, 0.1) is 57.2 Å². The van der Waals surface area contributed by atoms with Crippen LogP contribution in [0.1, 0.15) is 92.9 Å². The van der Waals surface area contributed by atoms with E-state index in [0.717, 1.165) is 32.1 Å². The number of fused-ring (bicyclic) bond motifs is 7. The Morgan fingerprint density at radius 1 is 0.792 bits per heavy atom. The Balaban J connectivity index is 1.13. The summed E-state index contributed by atoms with van der Waals surface area (Å²) in [7, 11) is 0. The van der Waals surface area contributed by atoms with Crippen LogP contribution in [-0.2, 0) is 23.7 Å². The molecular formula is C40H64O13. The summed E-state index contributed by atoms with van der Waals surface area (Å²) in [5, 5.41) is 84.0. The van der Waals surface area contributed by atoms with Crippen LogP contribution in [0.5, 0.6) is 0 Å². The van der Waals surface area contributed by atoms with Gasteiger partial charge in [0.15, 0.2) is 12.6 Å². The standard InChI is InChI=1S/C40H64O13/c1-18-19(2)28-22-7-8-27-37(4)11-10-24(20(3)21(37)9-12-39(27,6)38(22,5)13-14-40(28,36(48)49)15-23(18)43)50-35-33(31(46)29(44)25(16-41)52-35)53-34-32(47)30(45)26(17-42)51-34/h7,18-21,23-35,41-47H,8-17H2,1-6H3,(H,48,49). The van der Waals surface area contributed by atoms with Crippen molar-refractivity contribution in [2.45, 2.75) is 160 Å². The number of carboxylic acids is 1. The van der Waals surface area contributed by atoms with Crippen molar-refractivity contribution < 1.29 is 64.6 Å². The van der Waals surface area contributed by atoms with Gasteiger partial charge in [-0.15, -0.1) is 0 Å². The summed E-state index contributed by atoms with van der Waals surface area (Å²) < 4.78 is 24.1. The first-order valence-corrected chi connectivity index (χ1v) is 20.1. The van der Waals surface area contributed by atoms with Crippen LogP contribution in [-0.4, -0.2) is 128 Å². The summed E-state index contributed by atoms with van der Waals surface area (Å²) in [4.78, 5) is 13.1. The molecule has 21 unspecified atom stereocenters. The molecule has 2 aliphatic heterocycles. The normalized spacial score (nSPS) is 56.7. The number of aliphatic hydroxyl groups excluding tert-OH is 7. The minimum absolute atomic E-state index is 0.0145. The fraction of sp³-hybridized carbons (Fsp3) is 0.925. The van der Waals surface area contributed by atoms with E-state index in [-0.39, 0.29) is 51.9 Å². The first kappa shape index (κ1) is 40.0. The molecule has 21 atom stereocenters. The summed E-state index contributed by atoms with van der Waals surface area (Å²) in [6.45, 7) is 12.6. The Bertz CT molecular complexity index is 1410. The topological polar surface area (TPSA) is 216 Å². The maximum atomic E-state index is 13.1. The second-order valence-corrected chi connectivity index (χ2v) is 18.9. The van der Waals surface area contributed by atoms with Gasteiger partial charge in [0.25, 0.3) is 0 Å². The third-order valence-electron chi connectivity index (χ3n) is 16.9. The third kappa shape index (κ3) is 5.76. The molecule has 13 heteroatoms. The molecule has 0 aromatic heterocycles. The lowest BCUT2D eigenvalue weighted by molar-refractivity contribution is -0.351. The van der Waals surface area contributed by atoms with Crippen molar-refractivity contribution in [3.05, 3.63) is 11.6 Å². The van der Waals surface area contributed by atoms with E-state index in [1.54, 1.807) is 0 Å². The van der Waals surface area contributed by atoms with Gasteiger partial charge in [-0.2, -0.15) is 0 Å². The van der Waals surface area contributed by atoms with E-state index in [1.165, 1.54) is 5.57 Å². The molecule has 13 nitrogen and oxygen atoms in total. The van der Waals surface area contributed by atoms with Crippen molar-refractivity contribution in [1.82, 2.24) is 0 Å². The minimum atomic E-state index is -1.57. The molecule has 2 heterocycles. The van der Waals surface area contributed by atoms with Gasteiger partial charge in [0, 0.05) is 0 Å². The van der Waals surface area contributed by atoms with Crippen molar-refractivity contribution in [3.8, 4) is 0 Å². The molecule has 7 rings (SSSR count). The van der Waals surface area contributed by atoms with Crippen LogP contribution in [0.2, 0.25) is 0 Å². The number of hydrogen-bond acceptors (Lipinski definition) is 12. The number of carbonyl (C=O) groups is 1. The number of aliphatic carboxylic acids is 1. The zero-order valence-electron chi connectivity index (χ0n) is 32.1. The van der Waals surface area contributed by atoms with Crippen molar-refractivity contribution in [1.29, 1.82) is 0 Å². The van der Waals surface area contributed by atoms with Gasteiger partial charge in [-0.05, 0) is 103 Å². The lowest BCUT2D eigenvalue weighted by Gasteiger charge is -2.70. The highest BCUT2D eigenvalue weighted by atomic mass is 16.8. The molecular weight excluding hydrogens is 688 g/mol. The molecule has 0 amide bonds. The van der Waals surface area contributed by atoms with Gasteiger partial charge in [0.2, 0.25) is 0 Å². The molecule has 5 aliphatic carbocycles. The minimum Gasteiger partial charge on any atom is -0.481 e. The Morgan fingerprint density at radius 2 is 1.43 bits per heavy atom. The number of hydrogen-bond donors (Lipinski definition) is 8. The number of ether oxygens (including phenoxy) is 4. The molecule has 0 aromatic rings. The number of aliphatic hydroxyl groups is 7. The quantitative estimate of drug-likeness (QED) is 0.138. The lowest BCUT2D eigenvalue weighted by atomic mass is 9.34. The van der Waals surface area contributed by atoms with Gasteiger partial charge < -0.3 is 59.8 Å². The van der Waals surface area contributed by atoms with Crippen LogP contribution < -0.4 is 0 Å². The Labute approximate surface area is 312 Å². The number of rotatable bonds is 7. The van der Waals surface area contributed by atoms with Crippen LogP contribution in [0.25, 0.3) is 0 Å². The van der Waals surface area contributed by atoms with E-state index in [2.05, 4.69) is 47.6 Å². The van der Waals surface area contributed by atoms with Crippen LogP contribution >= 0.6 is 0 Å². The van der Waals surface area contributed by atoms with Crippen LogP contribution in [0.15, 0.2) is 11.6 Å². The van der Waals surface area contributed by atoms with Crippen LogP contribution in [0.3, 0.4) is 0 Å².